The van der Waals surface area contributed by atoms with Gasteiger partial charge in [0.25, 0.3) is 0 Å². The number of para-hydroxylation sites is 1. The van der Waals surface area contributed by atoms with E-state index in [4.69, 9.17) is 9.47 Å². The number of hydrogen-bond donors (Lipinski definition) is 0. The fourth-order valence-corrected chi connectivity index (χ4v) is 3.93. The molecule has 1 aromatic carbocycles. The van der Waals surface area contributed by atoms with E-state index in [9.17, 15) is 4.79 Å². The third-order valence-electron chi connectivity index (χ3n) is 4.39. The maximum atomic E-state index is 12.2. The van der Waals surface area contributed by atoms with Crippen molar-refractivity contribution in [1.82, 2.24) is 0 Å². The number of anilines is 1. The van der Waals surface area contributed by atoms with Crippen LogP contribution in [0.15, 0.2) is 29.2 Å². The van der Waals surface area contributed by atoms with E-state index in [1.165, 1.54) is 4.90 Å². The first-order valence-electron chi connectivity index (χ1n) is 8.35. The van der Waals surface area contributed by atoms with E-state index >= 15 is 0 Å². The van der Waals surface area contributed by atoms with Crippen molar-refractivity contribution < 1.29 is 14.3 Å². The largest absolute Gasteiger partial charge is 0.350 e. The molecular weight excluding hydrogens is 310 g/mol. The Labute approximate surface area is 142 Å². The van der Waals surface area contributed by atoms with Gasteiger partial charge >= 0.3 is 0 Å². The van der Waals surface area contributed by atoms with Crippen LogP contribution in [0.2, 0.25) is 0 Å². The normalized spacial score (nSPS) is 21.3. The maximum Gasteiger partial charge on any atom is 0.237 e. The molecule has 4 nitrogen and oxygen atoms in total. The van der Waals surface area contributed by atoms with Crippen LogP contribution in [0.25, 0.3) is 0 Å². The highest BCUT2D eigenvalue weighted by Gasteiger charge is 2.28. The van der Waals surface area contributed by atoms with Gasteiger partial charge in [-0.1, -0.05) is 18.6 Å². The molecule has 3 rings (SSSR count). The molecule has 0 aromatic heterocycles. The molecule has 0 aliphatic carbocycles. The van der Waals surface area contributed by atoms with Gasteiger partial charge in [0, 0.05) is 17.4 Å². The summed E-state index contributed by atoms with van der Waals surface area (Å²) < 4.78 is 11.4. The highest BCUT2D eigenvalue weighted by Crippen LogP contribution is 2.35. The van der Waals surface area contributed by atoms with Crippen molar-refractivity contribution in [2.45, 2.75) is 43.8 Å². The number of amides is 1. The molecule has 1 saturated heterocycles. The summed E-state index contributed by atoms with van der Waals surface area (Å²) in [5, 5.41) is 0. The Balaban J connectivity index is 1.45. The highest BCUT2D eigenvalue weighted by molar-refractivity contribution is 8.00. The Bertz CT molecular complexity index is 551. The summed E-state index contributed by atoms with van der Waals surface area (Å²) in [6, 6.07) is 8.18. The summed E-state index contributed by atoms with van der Waals surface area (Å²) in [6.07, 6.45) is 3.20. The van der Waals surface area contributed by atoms with E-state index < -0.39 is 5.79 Å². The van der Waals surface area contributed by atoms with E-state index in [1.807, 2.05) is 36.9 Å². The summed E-state index contributed by atoms with van der Waals surface area (Å²) in [7, 11) is 0. The SMILES string of the molecule is CC1(C)OCC(CCCCN2C(=O)CSc3ccccc32)CO1. The zero-order valence-corrected chi connectivity index (χ0v) is 14.7. The molecule has 126 valence electrons. The predicted octanol–water partition coefficient (Wildman–Crippen LogP) is 3.69. The van der Waals surface area contributed by atoms with E-state index in [-0.39, 0.29) is 5.91 Å². The van der Waals surface area contributed by atoms with Crippen molar-refractivity contribution in [1.29, 1.82) is 0 Å². The van der Waals surface area contributed by atoms with Gasteiger partial charge in [-0.05, 0) is 38.8 Å². The predicted molar refractivity (Wildman–Crippen MR) is 92.8 cm³/mol. The van der Waals surface area contributed by atoms with Crippen LogP contribution in [0.1, 0.15) is 33.1 Å². The number of rotatable bonds is 5. The van der Waals surface area contributed by atoms with Crippen molar-refractivity contribution in [3.63, 3.8) is 0 Å². The molecule has 1 aromatic rings. The van der Waals surface area contributed by atoms with Crippen LogP contribution in [-0.4, -0.2) is 37.2 Å². The molecule has 1 amide bonds. The van der Waals surface area contributed by atoms with Crippen molar-refractivity contribution in [2.24, 2.45) is 5.92 Å². The molecule has 1 fully saturated rings. The van der Waals surface area contributed by atoms with Crippen LogP contribution in [-0.2, 0) is 14.3 Å². The molecule has 0 saturated carbocycles. The molecule has 2 aliphatic rings. The molecule has 2 aliphatic heterocycles. The molecule has 2 heterocycles. The lowest BCUT2D eigenvalue weighted by Crippen LogP contribution is -2.39. The molecule has 0 bridgehead atoms. The van der Waals surface area contributed by atoms with E-state index in [0.29, 0.717) is 11.7 Å². The molecule has 0 N–H and O–H groups in total. The quantitative estimate of drug-likeness (QED) is 0.769. The molecule has 0 unspecified atom stereocenters. The fourth-order valence-electron chi connectivity index (χ4n) is 3.00. The van der Waals surface area contributed by atoms with Gasteiger partial charge < -0.3 is 14.4 Å². The molecule has 0 radical (unpaired) electrons. The summed E-state index contributed by atoms with van der Waals surface area (Å²) in [5.74, 6) is 0.816. The first kappa shape index (κ1) is 16.8. The number of benzene rings is 1. The standard InChI is InChI=1S/C18H25NO3S/c1-18(2)21-11-14(12-22-18)7-5-6-10-19-15-8-3-4-9-16(15)23-13-17(19)20/h3-4,8-9,14H,5-7,10-13H2,1-2H3. The second-order valence-electron chi connectivity index (χ2n) is 6.69. The molecule has 0 spiro atoms. The number of unbranched alkanes of at least 4 members (excludes halogenated alkanes) is 1. The lowest BCUT2D eigenvalue weighted by Gasteiger charge is -2.35. The number of fused-ring (bicyclic) bond motifs is 1. The van der Waals surface area contributed by atoms with Gasteiger partial charge in [0.1, 0.15) is 0 Å². The van der Waals surface area contributed by atoms with Crippen LogP contribution in [0.5, 0.6) is 0 Å². The lowest BCUT2D eigenvalue weighted by atomic mass is 10.0. The van der Waals surface area contributed by atoms with Crippen molar-refractivity contribution >= 4 is 23.4 Å². The first-order chi connectivity index (χ1) is 11.1. The van der Waals surface area contributed by atoms with Crippen LogP contribution in [0.4, 0.5) is 5.69 Å². The smallest absolute Gasteiger partial charge is 0.237 e. The second kappa shape index (κ2) is 7.24. The number of carbonyl (C=O) groups excluding carboxylic acids is 1. The number of ether oxygens (including phenoxy) is 2. The summed E-state index contributed by atoms with van der Waals surface area (Å²) >= 11 is 1.64. The summed E-state index contributed by atoms with van der Waals surface area (Å²) in [4.78, 5) is 15.3. The topological polar surface area (TPSA) is 38.8 Å². The minimum Gasteiger partial charge on any atom is -0.350 e. The highest BCUT2D eigenvalue weighted by atomic mass is 32.2. The van der Waals surface area contributed by atoms with Gasteiger partial charge in [-0.15, -0.1) is 11.8 Å². The Morgan fingerprint density at radius 1 is 1.22 bits per heavy atom. The average molecular weight is 335 g/mol. The van der Waals surface area contributed by atoms with Crippen LogP contribution >= 0.6 is 11.8 Å². The van der Waals surface area contributed by atoms with Gasteiger partial charge in [-0.2, -0.15) is 0 Å². The van der Waals surface area contributed by atoms with Crippen LogP contribution in [0.3, 0.4) is 0 Å². The number of hydrogen-bond acceptors (Lipinski definition) is 4. The monoisotopic (exact) mass is 335 g/mol. The molecular formula is C18H25NO3S. The summed E-state index contributed by atoms with van der Waals surface area (Å²) in [6.45, 7) is 6.27. The second-order valence-corrected chi connectivity index (χ2v) is 7.70. The molecule has 23 heavy (non-hydrogen) atoms. The summed E-state index contributed by atoms with van der Waals surface area (Å²) in [5.41, 5.74) is 1.07. The first-order valence-corrected chi connectivity index (χ1v) is 9.34. The van der Waals surface area contributed by atoms with Crippen LogP contribution in [0, 0.1) is 5.92 Å². The zero-order chi connectivity index (χ0) is 16.3. The van der Waals surface area contributed by atoms with E-state index in [1.54, 1.807) is 11.8 Å². The number of carbonyl (C=O) groups is 1. The zero-order valence-electron chi connectivity index (χ0n) is 13.9. The van der Waals surface area contributed by atoms with Gasteiger partial charge in [-0.3, -0.25) is 4.79 Å². The Morgan fingerprint density at radius 3 is 2.74 bits per heavy atom. The van der Waals surface area contributed by atoms with Gasteiger partial charge in [0.2, 0.25) is 5.91 Å². The Hall–Kier alpha value is -1.04. The van der Waals surface area contributed by atoms with Crippen molar-refractivity contribution in [3.8, 4) is 0 Å². The molecule has 5 heteroatoms. The fraction of sp³-hybridized carbons (Fsp3) is 0.611. The van der Waals surface area contributed by atoms with Crippen LogP contribution < -0.4 is 4.90 Å². The van der Waals surface area contributed by atoms with Gasteiger partial charge in [-0.25, -0.2) is 0 Å². The number of nitrogens with zero attached hydrogens (tertiary/aromatic N) is 1. The Kier molecular flexibility index (Phi) is 5.29. The van der Waals surface area contributed by atoms with Crippen molar-refractivity contribution in [3.05, 3.63) is 24.3 Å². The molecule has 0 atom stereocenters. The minimum absolute atomic E-state index is 0.222. The lowest BCUT2D eigenvalue weighted by molar-refractivity contribution is -0.262. The van der Waals surface area contributed by atoms with E-state index in [2.05, 4.69) is 6.07 Å². The third-order valence-corrected chi connectivity index (χ3v) is 5.43. The number of thioether (sulfide) groups is 1. The Morgan fingerprint density at radius 2 is 1.96 bits per heavy atom. The third kappa shape index (κ3) is 4.28. The average Bonchev–Trinajstić information content (AvgIpc) is 2.54. The van der Waals surface area contributed by atoms with E-state index in [0.717, 1.165) is 44.7 Å². The van der Waals surface area contributed by atoms with Crippen molar-refractivity contribution in [2.75, 3.05) is 30.4 Å². The van der Waals surface area contributed by atoms with Gasteiger partial charge in [0.15, 0.2) is 5.79 Å². The van der Waals surface area contributed by atoms with Gasteiger partial charge in [0.05, 0.1) is 24.7 Å². The maximum absolute atomic E-state index is 12.2. The minimum atomic E-state index is -0.432.